The fourth-order valence-corrected chi connectivity index (χ4v) is 3.78. The molecule has 1 aliphatic rings. The number of carbonyl (C=O) groups excluding carboxylic acids is 3. The summed E-state index contributed by atoms with van der Waals surface area (Å²) in [6.45, 7) is 3.68. The van der Waals surface area contributed by atoms with E-state index in [4.69, 9.17) is 9.47 Å². The van der Waals surface area contributed by atoms with Crippen LogP contribution in [0.2, 0.25) is 0 Å². The summed E-state index contributed by atoms with van der Waals surface area (Å²) < 4.78 is 10.5. The molecule has 0 atom stereocenters. The van der Waals surface area contributed by atoms with E-state index in [0.717, 1.165) is 37.7 Å². The van der Waals surface area contributed by atoms with Crippen LogP contribution in [0, 0.1) is 11.3 Å². The molecule has 5 heteroatoms. The van der Waals surface area contributed by atoms with Gasteiger partial charge in [-0.1, -0.05) is 49.6 Å². The van der Waals surface area contributed by atoms with Crippen molar-refractivity contribution in [2.24, 2.45) is 11.3 Å². The molecular formula is C22H30O5. The minimum atomic E-state index is -1.62. The average molecular weight is 374 g/mol. The van der Waals surface area contributed by atoms with Crippen molar-refractivity contribution in [3.63, 3.8) is 0 Å². The number of rotatable bonds is 9. The van der Waals surface area contributed by atoms with Gasteiger partial charge >= 0.3 is 11.9 Å². The molecule has 0 bridgehead atoms. The van der Waals surface area contributed by atoms with Crippen LogP contribution in [0.5, 0.6) is 0 Å². The summed E-state index contributed by atoms with van der Waals surface area (Å²) in [5, 5.41) is 0. The summed E-state index contributed by atoms with van der Waals surface area (Å²) in [6.07, 6.45) is 4.75. The fourth-order valence-electron chi connectivity index (χ4n) is 3.78. The van der Waals surface area contributed by atoms with E-state index in [0.29, 0.717) is 0 Å². The van der Waals surface area contributed by atoms with Gasteiger partial charge in [-0.2, -0.15) is 0 Å². The maximum atomic E-state index is 13.0. The van der Waals surface area contributed by atoms with Crippen molar-refractivity contribution in [2.45, 2.75) is 58.8 Å². The minimum absolute atomic E-state index is 0.0354. The van der Waals surface area contributed by atoms with E-state index >= 15 is 0 Å². The van der Waals surface area contributed by atoms with Crippen LogP contribution in [-0.4, -0.2) is 30.9 Å². The number of hydrogen-bond acceptors (Lipinski definition) is 5. The minimum Gasteiger partial charge on any atom is -0.465 e. The Kier molecular flexibility index (Phi) is 8.01. The molecule has 1 aromatic carbocycles. The quantitative estimate of drug-likeness (QED) is 0.485. The summed E-state index contributed by atoms with van der Waals surface area (Å²) in [5.41, 5.74) is -0.822. The maximum absolute atomic E-state index is 13.0. The van der Waals surface area contributed by atoms with Crippen molar-refractivity contribution in [3.8, 4) is 0 Å². The van der Waals surface area contributed by atoms with Crippen molar-refractivity contribution in [1.82, 2.24) is 0 Å². The standard InChI is InChI=1S/C22H30O5/c1-3-26-20(24)22(21(25)27-4-2,15-17-11-7-5-8-12-17)16-19(23)18-13-9-6-10-14-18/h5,7-8,11-12,18H,3-4,6,9-10,13-16H2,1-2H3. The average Bonchev–Trinajstić information content (AvgIpc) is 2.69. The number of Topliss-reactive ketones (excluding diaryl/α,β-unsaturated/α-hetero) is 1. The highest BCUT2D eigenvalue weighted by atomic mass is 16.6. The molecule has 148 valence electrons. The lowest BCUT2D eigenvalue weighted by molar-refractivity contribution is -0.174. The van der Waals surface area contributed by atoms with Crippen LogP contribution in [-0.2, 0) is 30.3 Å². The molecule has 0 amide bonds. The van der Waals surface area contributed by atoms with Gasteiger partial charge in [0, 0.05) is 12.3 Å². The Bertz CT molecular complexity index is 613. The molecule has 1 saturated carbocycles. The topological polar surface area (TPSA) is 69.7 Å². The number of carbonyl (C=O) groups is 3. The summed E-state index contributed by atoms with van der Waals surface area (Å²) in [4.78, 5) is 38.9. The summed E-state index contributed by atoms with van der Waals surface area (Å²) in [6, 6.07) is 9.25. The van der Waals surface area contributed by atoms with Gasteiger partial charge in [-0.3, -0.25) is 14.4 Å². The second kappa shape index (κ2) is 10.2. The zero-order valence-corrected chi connectivity index (χ0v) is 16.4. The van der Waals surface area contributed by atoms with Crippen molar-refractivity contribution < 1.29 is 23.9 Å². The number of ether oxygens (including phenoxy) is 2. The molecule has 0 heterocycles. The number of ketones is 1. The molecular weight excluding hydrogens is 344 g/mol. The van der Waals surface area contributed by atoms with Gasteiger partial charge < -0.3 is 9.47 Å². The largest absolute Gasteiger partial charge is 0.465 e. The Morgan fingerprint density at radius 3 is 2.00 bits per heavy atom. The van der Waals surface area contributed by atoms with E-state index < -0.39 is 17.4 Å². The van der Waals surface area contributed by atoms with Crippen LogP contribution in [0.3, 0.4) is 0 Å². The first-order valence-corrected chi connectivity index (χ1v) is 9.94. The molecule has 0 radical (unpaired) electrons. The van der Waals surface area contributed by atoms with Gasteiger partial charge in [-0.15, -0.1) is 0 Å². The van der Waals surface area contributed by atoms with Gasteiger partial charge in [0.15, 0.2) is 5.41 Å². The Morgan fingerprint density at radius 2 is 1.48 bits per heavy atom. The van der Waals surface area contributed by atoms with Crippen molar-refractivity contribution in [3.05, 3.63) is 35.9 Å². The van der Waals surface area contributed by atoms with E-state index in [1.54, 1.807) is 13.8 Å². The van der Waals surface area contributed by atoms with E-state index in [2.05, 4.69) is 0 Å². The van der Waals surface area contributed by atoms with Crippen LogP contribution >= 0.6 is 0 Å². The molecule has 1 fully saturated rings. The van der Waals surface area contributed by atoms with Crippen LogP contribution in [0.15, 0.2) is 30.3 Å². The van der Waals surface area contributed by atoms with E-state index in [-0.39, 0.29) is 37.8 Å². The van der Waals surface area contributed by atoms with E-state index in [1.165, 1.54) is 0 Å². The molecule has 27 heavy (non-hydrogen) atoms. The smallest absolute Gasteiger partial charge is 0.324 e. The summed E-state index contributed by atoms with van der Waals surface area (Å²) in [5.74, 6) is -1.46. The SMILES string of the molecule is CCOC(=O)C(CC(=O)C1CCCCC1)(Cc1ccccc1)C(=O)OCC. The molecule has 1 aliphatic carbocycles. The normalized spacial score (nSPS) is 15.2. The molecule has 1 aromatic rings. The lowest BCUT2D eigenvalue weighted by Crippen LogP contribution is -2.46. The van der Waals surface area contributed by atoms with Crippen LogP contribution in [0.4, 0.5) is 0 Å². The third kappa shape index (κ3) is 5.41. The lowest BCUT2D eigenvalue weighted by atomic mass is 9.73. The molecule has 0 N–H and O–H groups in total. The molecule has 5 nitrogen and oxygen atoms in total. The second-order valence-corrected chi connectivity index (χ2v) is 7.16. The van der Waals surface area contributed by atoms with Crippen LogP contribution in [0.25, 0.3) is 0 Å². The van der Waals surface area contributed by atoms with Crippen LogP contribution < -0.4 is 0 Å². The van der Waals surface area contributed by atoms with Crippen LogP contribution in [0.1, 0.15) is 57.9 Å². The predicted octanol–water partition coefficient (Wildman–Crippen LogP) is 3.88. The Hall–Kier alpha value is -2.17. The Morgan fingerprint density at radius 1 is 0.926 bits per heavy atom. The Labute approximate surface area is 161 Å². The van der Waals surface area contributed by atoms with Gasteiger partial charge in [0.05, 0.1) is 13.2 Å². The molecule has 2 rings (SSSR count). The first-order chi connectivity index (χ1) is 13.0. The molecule has 0 aliphatic heterocycles. The maximum Gasteiger partial charge on any atom is 0.324 e. The van der Waals surface area contributed by atoms with Gasteiger partial charge in [0.2, 0.25) is 0 Å². The fraction of sp³-hybridized carbons (Fsp3) is 0.591. The number of esters is 2. The zero-order chi connectivity index (χ0) is 19.7. The first-order valence-electron chi connectivity index (χ1n) is 9.94. The third-order valence-electron chi connectivity index (χ3n) is 5.22. The van der Waals surface area contributed by atoms with Crippen molar-refractivity contribution >= 4 is 17.7 Å². The first kappa shape index (κ1) is 21.1. The van der Waals surface area contributed by atoms with E-state index in [9.17, 15) is 14.4 Å². The molecule has 0 spiro atoms. The van der Waals surface area contributed by atoms with Gasteiger partial charge in [0.1, 0.15) is 5.78 Å². The van der Waals surface area contributed by atoms with Crippen molar-refractivity contribution in [2.75, 3.05) is 13.2 Å². The number of hydrogen-bond donors (Lipinski definition) is 0. The lowest BCUT2D eigenvalue weighted by Gasteiger charge is -2.31. The van der Waals surface area contributed by atoms with Crippen molar-refractivity contribution in [1.29, 1.82) is 0 Å². The van der Waals surface area contributed by atoms with Gasteiger partial charge in [-0.25, -0.2) is 0 Å². The second-order valence-electron chi connectivity index (χ2n) is 7.16. The Balaban J connectivity index is 2.36. The number of benzene rings is 1. The highest BCUT2D eigenvalue weighted by Crippen LogP contribution is 2.35. The summed E-state index contributed by atoms with van der Waals surface area (Å²) in [7, 11) is 0. The monoisotopic (exact) mass is 374 g/mol. The third-order valence-corrected chi connectivity index (χ3v) is 5.22. The highest BCUT2D eigenvalue weighted by Gasteiger charge is 2.51. The highest BCUT2D eigenvalue weighted by molar-refractivity contribution is 6.04. The molecule has 0 aromatic heterocycles. The van der Waals surface area contributed by atoms with Gasteiger partial charge in [-0.05, 0) is 38.7 Å². The van der Waals surface area contributed by atoms with Gasteiger partial charge in [0.25, 0.3) is 0 Å². The molecule has 0 unspecified atom stereocenters. The zero-order valence-electron chi connectivity index (χ0n) is 16.4. The van der Waals surface area contributed by atoms with E-state index in [1.807, 2.05) is 30.3 Å². The molecule has 0 saturated heterocycles. The predicted molar refractivity (Wildman–Crippen MR) is 102 cm³/mol. The summed E-state index contributed by atoms with van der Waals surface area (Å²) >= 11 is 0.